The number of hydrogen-bond acceptors (Lipinski definition) is 1. The van der Waals surface area contributed by atoms with Gasteiger partial charge in [-0.1, -0.05) is 222 Å². The summed E-state index contributed by atoms with van der Waals surface area (Å²) in [5.74, 6) is 0.636. The standard InChI is InChI=1S/C39H33N.C19H16.C8H10/c1-4-12-35-34(6-3)36-15-10-11-16-37(36)39-27-33(25-26-38(35)39)40(31-13-8-7-9-14-31)32-23-21-30(22-24-32)29-19-17-28(5-2)18-20-29;1-13-10-11-18-16-8-3-2-6-14(16)15-7-4-5-9-17(15)19(18)12-13;1-2-8-6-4-3-5-7-8/h4,6-27H,3,5H2,1-2H3;2-9,11-13H,10H2,1H3;3-7H,2H2,1H3/b12-4-;;. The van der Waals surface area contributed by atoms with E-state index < -0.39 is 0 Å². The number of hydrogen-bond donors (Lipinski definition) is 0. The molecule has 0 radical (unpaired) electrons. The van der Waals surface area contributed by atoms with E-state index in [-0.39, 0.29) is 0 Å². The maximum atomic E-state index is 4.15. The van der Waals surface area contributed by atoms with Crippen LogP contribution in [-0.2, 0) is 12.8 Å². The molecule has 0 aliphatic heterocycles. The molecule has 0 saturated heterocycles. The average molecular weight is 866 g/mol. The zero-order valence-corrected chi connectivity index (χ0v) is 39.3. The molecule has 10 aromatic carbocycles. The van der Waals surface area contributed by atoms with Crippen molar-refractivity contribution in [2.75, 3.05) is 4.90 Å². The Kier molecular flexibility index (Phi) is 13.7. The third-order valence-corrected chi connectivity index (χ3v) is 13.1. The lowest BCUT2D eigenvalue weighted by atomic mass is 9.91. The number of anilines is 3. The van der Waals surface area contributed by atoms with Gasteiger partial charge < -0.3 is 4.90 Å². The second-order valence-electron chi connectivity index (χ2n) is 17.4. The van der Waals surface area contributed by atoms with Gasteiger partial charge in [0.05, 0.1) is 0 Å². The van der Waals surface area contributed by atoms with Gasteiger partial charge in [-0.2, -0.15) is 0 Å². The van der Waals surface area contributed by atoms with E-state index in [0.717, 1.165) is 36.3 Å². The topological polar surface area (TPSA) is 3.24 Å². The van der Waals surface area contributed by atoms with Crippen LogP contribution in [0.15, 0.2) is 213 Å². The van der Waals surface area contributed by atoms with Gasteiger partial charge in [-0.15, -0.1) is 0 Å². The quantitative estimate of drug-likeness (QED) is 0.138. The molecule has 1 unspecified atom stereocenters. The van der Waals surface area contributed by atoms with Crippen molar-refractivity contribution in [3.8, 4) is 11.1 Å². The van der Waals surface area contributed by atoms with E-state index in [2.05, 4.69) is 258 Å². The van der Waals surface area contributed by atoms with Crippen molar-refractivity contribution in [2.45, 2.75) is 47.0 Å². The molecule has 0 aromatic heterocycles. The van der Waals surface area contributed by atoms with Gasteiger partial charge in [-0.3, -0.25) is 0 Å². The zero-order chi connectivity index (χ0) is 46.1. The average Bonchev–Trinajstić information content (AvgIpc) is 3.40. The van der Waals surface area contributed by atoms with E-state index >= 15 is 0 Å². The van der Waals surface area contributed by atoms with Crippen LogP contribution in [0.4, 0.5) is 17.1 Å². The fraction of sp³-hybridized carbons (Fsp3) is 0.121. The minimum atomic E-state index is 0.636. The molecule has 10 aromatic rings. The molecule has 0 N–H and O–H groups in total. The smallest absolute Gasteiger partial charge is 0.0468 e. The Morgan fingerprint density at radius 3 is 1.49 bits per heavy atom. The van der Waals surface area contributed by atoms with Crippen molar-refractivity contribution in [3.05, 3.63) is 246 Å². The van der Waals surface area contributed by atoms with Gasteiger partial charge in [-0.25, -0.2) is 0 Å². The molecule has 328 valence electrons. The van der Waals surface area contributed by atoms with Crippen LogP contribution >= 0.6 is 0 Å². The number of allylic oxidation sites excluding steroid dienone is 1. The Bertz CT molecular complexity index is 3470. The van der Waals surface area contributed by atoms with Crippen molar-refractivity contribution in [2.24, 2.45) is 5.92 Å². The first-order chi connectivity index (χ1) is 33.0. The molecule has 0 spiro atoms. The molecule has 1 heteroatoms. The van der Waals surface area contributed by atoms with Crippen LogP contribution in [0.3, 0.4) is 0 Å². The first-order valence-corrected chi connectivity index (χ1v) is 23.9. The molecule has 0 bridgehead atoms. The van der Waals surface area contributed by atoms with Crippen molar-refractivity contribution >= 4 is 84.5 Å². The number of rotatable bonds is 8. The van der Waals surface area contributed by atoms with E-state index in [9.17, 15) is 0 Å². The van der Waals surface area contributed by atoms with Crippen molar-refractivity contribution in [1.82, 2.24) is 0 Å². The van der Waals surface area contributed by atoms with Crippen LogP contribution in [0.5, 0.6) is 0 Å². The van der Waals surface area contributed by atoms with Crippen LogP contribution in [0.1, 0.15) is 56.4 Å². The summed E-state index contributed by atoms with van der Waals surface area (Å²) in [5.41, 5.74) is 11.0. The lowest BCUT2D eigenvalue weighted by Gasteiger charge is -2.26. The van der Waals surface area contributed by atoms with E-state index in [0.29, 0.717) is 5.92 Å². The van der Waals surface area contributed by atoms with Gasteiger partial charge >= 0.3 is 0 Å². The normalized spacial score (nSPS) is 12.9. The molecule has 1 nitrogen and oxygen atoms in total. The van der Waals surface area contributed by atoms with Gasteiger partial charge in [0, 0.05) is 17.1 Å². The maximum absolute atomic E-state index is 4.15. The Morgan fingerprint density at radius 1 is 0.463 bits per heavy atom. The summed E-state index contributed by atoms with van der Waals surface area (Å²) in [6.07, 6.45) is 14.5. The first-order valence-electron chi connectivity index (χ1n) is 23.9. The molecule has 0 fully saturated rings. The summed E-state index contributed by atoms with van der Waals surface area (Å²) in [6.45, 7) is 12.9. The van der Waals surface area contributed by atoms with Crippen LogP contribution < -0.4 is 15.3 Å². The third kappa shape index (κ3) is 9.37. The monoisotopic (exact) mass is 865 g/mol. The third-order valence-electron chi connectivity index (χ3n) is 13.1. The van der Waals surface area contributed by atoms with Crippen LogP contribution in [0.2, 0.25) is 0 Å². The van der Waals surface area contributed by atoms with Gasteiger partial charge in [0.25, 0.3) is 0 Å². The number of aryl methyl sites for hydroxylation is 2. The highest BCUT2D eigenvalue weighted by Crippen LogP contribution is 2.41. The van der Waals surface area contributed by atoms with Crippen molar-refractivity contribution < 1.29 is 0 Å². The Balaban J connectivity index is 0.000000170. The fourth-order valence-corrected chi connectivity index (χ4v) is 9.66. The number of nitrogens with zero attached hydrogens (tertiary/aromatic N) is 1. The van der Waals surface area contributed by atoms with Gasteiger partial charge in [0.2, 0.25) is 0 Å². The van der Waals surface area contributed by atoms with E-state index in [1.54, 1.807) is 0 Å². The molecule has 0 saturated carbocycles. The molecule has 0 heterocycles. The second kappa shape index (κ2) is 20.6. The molecule has 67 heavy (non-hydrogen) atoms. The van der Waals surface area contributed by atoms with Crippen LogP contribution in [0, 0.1) is 5.92 Å². The molecule has 1 aliphatic rings. The summed E-state index contributed by atoms with van der Waals surface area (Å²) in [6, 6.07) is 71.9. The van der Waals surface area contributed by atoms with Crippen molar-refractivity contribution in [1.29, 1.82) is 0 Å². The van der Waals surface area contributed by atoms with Crippen LogP contribution in [-0.4, -0.2) is 0 Å². The molecular formula is C66H59N. The SMILES string of the molecule is C=Cc1c(/C=C\C)c2ccc(N(c3ccccc3)c3ccc(-c4ccc(CC)cc4)cc3)cc2c2ccccc12.CC1C=c2c(c3ccccc3c3ccccc23)=CC1.CCc1ccccc1. The van der Waals surface area contributed by atoms with Gasteiger partial charge in [0.1, 0.15) is 0 Å². The number of benzene rings is 10. The molecule has 1 atom stereocenters. The molecule has 1 aliphatic carbocycles. The number of para-hydroxylation sites is 1. The molecule has 0 amide bonds. The summed E-state index contributed by atoms with van der Waals surface area (Å²) >= 11 is 0. The fourth-order valence-electron chi connectivity index (χ4n) is 9.66. The largest absolute Gasteiger partial charge is 0.310 e. The highest BCUT2D eigenvalue weighted by Gasteiger charge is 2.17. The van der Waals surface area contributed by atoms with Crippen LogP contribution in [0.25, 0.3) is 78.5 Å². The highest BCUT2D eigenvalue weighted by molar-refractivity contribution is 6.16. The predicted molar refractivity (Wildman–Crippen MR) is 295 cm³/mol. The first kappa shape index (κ1) is 44.5. The van der Waals surface area contributed by atoms with E-state index in [4.69, 9.17) is 0 Å². The van der Waals surface area contributed by atoms with E-state index in [1.807, 2.05) is 12.1 Å². The summed E-state index contributed by atoms with van der Waals surface area (Å²) in [4.78, 5) is 2.34. The van der Waals surface area contributed by atoms with E-state index in [1.165, 1.54) is 86.9 Å². The Labute approximate surface area is 397 Å². The summed E-state index contributed by atoms with van der Waals surface area (Å²) in [5, 5.41) is 13.3. The number of fused-ring (bicyclic) bond motifs is 9. The highest BCUT2D eigenvalue weighted by atomic mass is 15.1. The summed E-state index contributed by atoms with van der Waals surface area (Å²) < 4.78 is 0. The Morgan fingerprint density at radius 2 is 0.925 bits per heavy atom. The van der Waals surface area contributed by atoms with Gasteiger partial charge in [-0.05, 0) is 155 Å². The molecule has 11 rings (SSSR count). The Hall–Kier alpha value is -7.74. The predicted octanol–water partition coefficient (Wildman–Crippen LogP) is 17.2. The summed E-state index contributed by atoms with van der Waals surface area (Å²) in [7, 11) is 0. The minimum absolute atomic E-state index is 0.636. The lowest BCUT2D eigenvalue weighted by molar-refractivity contribution is 0.802. The van der Waals surface area contributed by atoms with Gasteiger partial charge in [0.15, 0.2) is 0 Å². The minimum Gasteiger partial charge on any atom is -0.310 e. The lowest BCUT2D eigenvalue weighted by Crippen LogP contribution is -2.30. The molecular weight excluding hydrogens is 807 g/mol. The van der Waals surface area contributed by atoms with Crippen molar-refractivity contribution in [3.63, 3.8) is 0 Å². The maximum Gasteiger partial charge on any atom is 0.0468 e. The second-order valence-corrected chi connectivity index (χ2v) is 17.4. The zero-order valence-electron chi connectivity index (χ0n) is 39.3.